The minimum Gasteiger partial charge on any atom is -0.347 e. The molecule has 22 heavy (non-hydrogen) atoms. The van der Waals surface area contributed by atoms with Crippen LogP contribution in [-0.2, 0) is 6.54 Å². The molecule has 0 spiro atoms. The normalized spacial score (nSPS) is 10.6. The lowest BCUT2D eigenvalue weighted by molar-refractivity contribution is 0.0954. The fraction of sp³-hybridized carbons (Fsp3) is 0.125. The molecule has 0 saturated heterocycles. The summed E-state index contributed by atoms with van der Waals surface area (Å²) in [7, 11) is 0. The standard InChI is InChI=1S/C16H13ClN2OS2/c1-10-14(22-16(19-10)13-3-2-8-21-13)15(20)18-9-11-4-6-12(17)7-5-11/h2-8H,9H2,1H3,(H,18,20). The first-order valence-electron chi connectivity index (χ1n) is 6.67. The van der Waals surface area contributed by atoms with Gasteiger partial charge >= 0.3 is 0 Å². The number of aromatic nitrogens is 1. The average Bonchev–Trinajstić information content (AvgIpc) is 3.15. The lowest BCUT2D eigenvalue weighted by atomic mass is 10.2. The molecule has 0 aliphatic heterocycles. The molecule has 0 radical (unpaired) electrons. The van der Waals surface area contributed by atoms with E-state index in [1.54, 1.807) is 11.3 Å². The van der Waals surface area contributed by atoms with Crippen LogP contribution in [0.3, 0.4) is 0 Å². The highest BCUT2D eigenvalue weighted by Gasteiger charge is 2.16. The number of thiazole rings is 1. The Morgan fingerprint density at radius 1 is 1.27 bits per heavy atom. The van der Waals surface area contributed by atoms with Crippen molar-refractivity contribution >= 4 is 40.2 Å². The summed E-state index contributed by atoms with van der Waals surface area (Å²) in [5, 5.41) is 6.51. The molecule has 2 aromatic heterocycles. The molecule has 0 aliphatic rings. The molecule has 0 unspecified atom stereocenters. The molecule has 0 aliphatic carbocycles. The fourth-order valence-corrected chi connectivity index (χ4v) is 3.88. The van der Waals surface area contributed by atoms with E-state index in [4.69, 9.17) is 11.6 Å². The topological polar surface area (TPSA) is 42.0 Å². The van der Waals surface area contributed by atoms with Gasteiger partial charge in [0.25, 0.3) is 5.91 Å². The van der Waals surface area contributed by atoms with Crippen molar-refractivity contribution in [1.82, 2.24) is 10.3 Å². The maximum Gasteiger partial charge on any atom is 0.263 e. The van der Waals surface area contributed by atoms with E-state index in [9.17, 15) is 4.79 Å². The lowest BCUT2D eigenvalue weighted by Gasteiger charge is -2.04. The molecule has 3 rings (SSSR count). The summed E-state index contributed by atoms with van der Waals surface area (Å²) in [6.45, 7) is 2.34. The Kier molecular flexibility index (Phi) is 4.57. The van der Waals surface area contributed by atoms with Gasteiger partial charge in [0.2, 0.25) is 0 Å². The van der Waals surface area contributed by atoms with Crippen molar-refractivity contribution in [2.45, 2.75) is 13.5 Å². The van der Waals surface area contributed by atoms with Crippen molar-refractivity contribution in [3.05, 3.63) is 62.9 Å². The highest BCUT2D eigenvalue weighted by molar-refractivity contribution is 7.22. The second-order valence-corrected chi connectivity index (χ2v) is 7.10. The molecule has 1 amide bonds. The zero-order chi connectivity index (χ0) is 15.5. The number of nitrogens with one attached hydrogen (secondary N) is 1. The molecule has 0 bridgehead atoms. The Hall–Kier alpha value is -1.69. The molecular weight excluding hydrogens is 336 g/mol. The number of aryl methyl sites for hydroxylation is 1. The molecule has 112 valence electrons. The summed E-state index contributed by atoms with van der Waals surface area (Å²) < 4.78 is 0. The van der Waals surface area contributed by atoms with Gasteiger partial charge in [0.15, 0.2) is 0 Å². The van der Waals surface area contributed by atoms with Crippen molar-refractivity contribution < 1.29 is 4.79 Å². The lowest BCUT2D eigenvalue weighted by Crippen LogP contribution is -2.22. The zero-order valence-corrected chi connectivity index (χ0v) is 14.2. The van der Waals surface area contributed by atoms with Crippen LogP contribution in [0.1, 0.15) is 20.9 Å². The van der Waals surface area contributed by atoms with Crippen LogP contribution in [0.5, 0.6) is 0 Å². The Bertz CT molecular complexity index is 779. The van der Waals surface area contributed by atoms with E-state index < -0.39 is 0 Å². The van der Waals surface area contributed by atoms with Crippen molar-refractivity contribution in [3.8, 4) is 9.88 Å². The van der Waals surface area contributed by atoms with Crippen LogP contribution in [-0.4, -0.2) is 10.9 Å². The predicted octanol–water partition coefficient (Wildman–Crippen LogP) is 4.76. The third-order valence-corrected chi connectivity index (χ3v) is 5.55. The van der Waals surface area contributed by atoms with Gasteiger partial charge in [0.05, 0.1) is 10.6 Å². The molecule has 0 fully saturated rings. The summed E-state index contributed by atoms with van der Waals surface area (Å²) in [5.74, 6) is -0.0900. The number of carbonyl (C=O) groups is 1. The maximum atomic E-state index is 12.3. The van der Waals surface area contributed by atoms with Crippen LogP contribution in [0.25, 0.3) is 9.88 Å². The predicted molar refractivity (Wildman–Crippen MR) is 92.8 cm³/mol. The number of rotatable bonds is 4. The molecule has 3 aromatic rings. The molecule has 1 N–H and O–H groups in total. The zero-order valence-electron chi connectivity index (χ0n) is 11.8. The molecular formula is C16H13ClN2OS2. The first-order valence-corrected chi connectivity index (χ1v) is 8.75. The fourth-order valence-electron chi connectivity index (χ4n) is 1.98. The summed E-state index contributed by atoms with van der Waals surface area (Å²) in [6, 6.07) is 11.4. The SMILES string of the molecule is Cc1nc(-c2cccs2)sc1C(=O)NCc1ccc(Cl)cc1. The molecule has 0 saturated carbocycles. The van der Waals surface area contributed by atoms with Gasteiger partial charge in [-0.05, 0) is 36.1 Å². The van der Waals surface area contributed by atoms with E-state index in [2.05, 4.69) is 10.3 Å². The Morgan fingerprint density at radius 3 is 2.73 bits per heavy atom. The smallest absolute Gasteiger partial charge is 0.263 e. The molecule has 0 atom stereocenters. The van der Waals surface area contributed by atoms with Crippen molar-refractivity contribution in [1.29, 1.82) is 0 Å². The Balaban J connectivity index is 1.71. The highest BCUT2D eigenvalue weighted by atomic mass is 35.5. The van der Waals surface area contributed by atoms with Gasteiger partial charge in [-0.3, -0.25) is 4.79 Å². The number of carbonyl (C=O) groups excluding carboxylic acids is 1. The van der Waals surface area contributed by atoms with E-state index >= 15 is 0 Å². The number of thiophene rings is 1. The van der Waals surface area contributed by atoms with Gasteiger partial charge in [0, 0.05) is 11.6 Å². The second kappa shape index (κ2) is 6.60. The monoisotopic (exact) mass is 348 g/mol. The number of hydrogen-bond donors (Lipinski definition) is 1. The van der Waals surface area contributed by atoms with Crippen molar-refractivity contribution in [2.75, 3.05) is 0 Å². The number of halogens is 1. The molecule has 1 aromatic carbocycles. The summed E-state index contributed by atoms with van der Waals surface area (Å²) in [5.41, 5.74) is 1.78. The van der Waals surface area contributed by atoms with Gasteiger partial charge in [-0.1, -0.05) is 29.8 Å². The minimum atomic E-state index is -0.0900. The van der Waals surface area contributed by atoms with Crippen LogP contribution in [0, 0.1) is 6.92 Å². The first-order chi connectivity index (χ1) is 10.6. The first kappa shape index (κ1) is 15.2. The van der Waals surface area contributed by atoms with E-state index in [1.807, 2.05) is 48.7 Å². The third kappa shape index (κ3) is 3.38. The van der Waals surface area contributed by atoms with Gasteiger partial charge in [0.1, 0.15) is 9.88 Å². The average molecular weight is 349 g/mol. The van der Waals surface area contributed by atoms with E-state index in [-0.39, 0.29) is 5.91 Å². The number of benzene rings is 1. The summed E-state index contributed by atoms with van der Waals surface area (Å²) in [6.07, 6.45) is 0. The van der Waals surface area contributed by atoms with E-state index in [1.165, 1.54) is 11.3 Å². The highest BCUT2D eigenvalue weighted by Crippen LogP contribution is 2.31. The Morgan fingerprint density at radius 2 is 2.05 bits per heavy atom. The number of nitrogens with zero attached hydrogens (tertiary/aromatic N) is 1. The minimum absolute atomic E-state index is 0.0900. The van der Waals surface area contributed by atoms with Gasteiger partial charge in [-0.25, -0.2) is 4.98 Å². The van der Waals surface area contributed by atoms with Gasteiger partial charge in [-0.15, -0.1) is 22.7 Å². The molecule has 6 heteroatoms. The largest absolute Gasteiger partial charge is 0.347 e. The molecule has 2 heterocycles. The van der Waals surface area contributed by atoms with Crippen molar-refractivity contribution in [2.24, 2.45) is 0 Å². The number of hydrogen-bond acceptors (Lipinski definition) is 4. The van der Waals surface area contributed by atoms with Crippen LogP contribution >= 0.6 is 34.3 Å². The molecule has 3 nitrogen and oxygen atoms in total. The van der Waals surface area contributed by atoms with E-state index in [0.717, 1.165) is 21.1 Å². The van der Waals surface area contributed by atoms with Crippen LogP contribution < -0.4 is 5.32 Å². The van der Waals surface area contributed by atoms with Crippen LogP contribution in [0.15, 0.2) is 41.8 Å². The van der Waals surface area contributed by atoms with Crippen LogP contribution in [0.4, 0.5) is 0 Å². The van der Waals surface area contributed by atoms with Crippen LogP contribution in [0.2, 0.25) is 5.02 Å². The maximum absolute atomic E-state index is 12.3. The third-order valence-electron chi connectivity index (χ3n) is 3.10. The van der Waals surface area contributed by atoms with E-state index in [0.29, 0.717) is 16.4 Å². The second-order valence-electron chi connectivity index (χ2n) is 4.72. The van der Waals surface area contributed by atoms with Gasteiger partial charge < -0.3 is 5.32 Å². The summed E-state index contributed by atoms with van der Waals surface area (Å²) in [4.78, 5) is 18.6. The Labute approximate surface area is 141 Å². The quantitative estimate of drug-likeness (QED) is 0.738. The van der Waals surface area contributed by atoms with Gasteiger partial charge in [-0.2, -0.15) is 0 Å². The van der Waals surface area contributed by atoms with Crippen molar-refractivity contribution in [3.63, 3.8) is 0 Å². The summed E-state index contributed by atoms with van der Waals surface area (Å²) >= 11 is 8.90. The number of amides is 1.